The SMILES string of the molecule is CC1(C)c2cc3ccccc3cc2-c2c(-c3ccccc3-c3cc(-c4ccccc4-c4ccc(-c5ccccc5)cc4)nc(-c4ccccc4)n3)cccc21. The van der Waals surface area contributed by atoms with Gasteiger partial charge in [0.2, 0.25) is 0 Å². The van der Waals surface area contributed by atoms with Crippen LogP contribution < -0.4 is 0 Å². The number of nitrogens with zero attached hydrogens (tertiary/aromatic N) is 2. The van der Waals surface area contributed by atoms with E-state index in [2.05, 4.69) is 202 Å². The lowest BCUT2D eigenvalue weighted by Crippen LogP contribution is -2.14. The molecule has 2 heteroatoms. The summed E-state index contributed by atoms with van der Waals surface area (Å²) >= 11 is 0. The number of aromatic nitrogens is 2. The van der Waals surface area contributed by atoms with Crippen molar-refractivity contribution in [3.05, 3.63) is 205 Å². The van der Waals surface area contributed by atoms with E-state index >= 15 is 0 Å². The Kier molecular flexibility index (Phi) is 7.85. The minimum atomic E-state index is -0.134. The first-order valence-electron chi connectivity index (χ1n) is 19.0. The van der Waals surface area contributed by atoms with Crippen LogP contribution in [0.1, 0.15) is 25.0 Å². The van der Waals surface area contributed by atoms with Crippen LogP contribution in [-0.4, -0.2) is 9.97 Å². The van der Waals surface area contributed by atoms with Crippen LogP contribution in [0.15, 0.2) is 194 Å². The second-order valence-corrected chi connectivity index (χ2v) is 15.0. The number of hydrogen-bond donors (Lipinski definition) is 0. The van der Waals surface area contributed by atoms with Crippen molar-refractivity contribution < 1.29 is 0 Å². The highest BCUT2D eigenvalue weighted by atomic mass is 14.9. The summed E-state index contributed by atoms with van der Waals surface area (Å²) in [5.74, 6) is 0.702. The van der Waals surface area contributed by atoms with E-state index < -0.39 is 0 Å². The maximum Gasteiger partial charge on any atom is 0.160 e. The third-order valence-electron chi connectivity index (χ3n) is 11.3. The van der Waals surface area contributed by atoms with Crippen LogP contribution in [0.2, 0.25) is 0 Å². The van der Waals surface area contributed by atoms with Crippen LogP contribution in [0, 0.1) is 0 Å². The first-order valence-corrected chi connectivity index (χ1v) is 19.0. The van der Waals surface area contributed by atoms with Crippen molar-refractivity contribution in [2.45, 2.75) is 19.3 Å². The van der Waals surface area contributed by atoms with Crippen LogP contribution in [0.3, 0.4) is 0 Å². The Morgan fingerprint density at radius 2 is 0.818 bits per heavy atom. The molecule has 2 nitrogen and oxygen atoms in total. The number of benzene rings is 8. The molecule has 55 heavy (non-hydrogen) atoms. The number of fused-ring (bicyclic) bond motifs is 4. The van der Waals surface area contributed by atoms with Crippen LogP contribution in [0.5, 0.6) is 0 Å². The molecule has 0 saturated carbocycles. The predicted molar refractivity (Wildman–Crippen MR) is 230 cm³/mol. The number of rotatable bonds is 6. The summed E-state index contributed by atoms with van der Waals surface area (Å²) in [7, 11) is 0. The first kappa shape index (κ1) is 32.7. The van der Waals surface area contributed by atoms with E-state index in [0.717, 1.165) is 44.8 Å². The zero-order valence-electron chi connectivity index (χ0n) is 30.9. The van der Waals surface area contributed by atoms with Gasteiger partial charge in [-0.25, -0.2) is 9.97 Å². The molecule has 1 aromatic heterocycles. The van der Waals surface area contributed by atoms with Gasteiger partial charge in [0.25, 0.3) is 0 Å². The average Bonchev–Trinajstić information content (AvgIpc) is 3.48. The molecule has 1 heterocycles. The standard InChI is InChI=1S/C53H38N2/c1-53(2)47-27-15-26-45(51(47)46-32-39-20-9-10-21-40(39)33-48(46)53)42-23-12-14-25-44(42)50-34-49(54-52(55-50)38-18-7-4-8-19-38)43-24-13-11-22-41(43)37-30-28-36(29-31-37)35-16-5-3-6-17-35/h3-34H,1-2H3. The fourth-order valence-corrected chi connectivity index (χ4v) is 8.51. The molecule has 0 N–H and O–H groups in total. The number of hydrogen-bond acceptors (Lipinski definition) is 2. The topological polar surface area (TPSA) is 25.8 Å². The monoisotopic (exact) mass is 702 g/mol. The van der Waals surface area contributed by atoms with Crippen LogP contribution >= 0.6 is 0 Å². The van der Waals surface area contributed by atoms with Gasteiger partial charge in [0, 0.05) is 22.1 Å². The minimum Gasteiger partial charge on any atom is -0.228 e. The Morgan fingerprint density at radius 1 is 0.327 bits per heavy atom. The van der Waals surface area contributed by atoms with Gasteiger partial charge in [-0.2, -0.15) is 0 Å². The maximum absolute atomic E-state index is 5.33. The first-order chi connectivity index (χ1) is 27.0. The summed E-state index contributed by atoms with van der Waals surface area (Å²) in [6.07, 6.45) is 0. The molecule has 260 valence electrons. The molecule has 9 aromatic rings. The molecular formula is C53H38N2. The fraction of sp³-hybridized carbons (Fsp3) is 0.0566. The van der Waals surface area contributed by atoms with E-state index in [1.165, 1.54) is 49.7 Å². The van der Waals surface area contributed by atoms with E-state index in [1.54, 1.807) is 0 Å². The van der Waals surface area contributed by atoms with Crippen LogP contribution in [-0.2, 0) is 5.41 Å². The summed E-state index contributed by atoms with van der Waals surface area (Å²) in [6.45, 7) is 4.72. The Bertz CT molecular complexity index is 2870. The zero-order chi connectivity index (χ0) is 36.9. The molecule has 0 unspecified atom stereocenters. The van der Waals surface area contributed by atoms with Crippen LogP contribution in [0.25, 0.3) is 89.2 Å². The molecule has 0 atom stereocenters. The van der Waals surface area contributed by atoms with E-state index in [4.69, 9.17) is 9.97 Å². The van der Waals surface area contributed by atoms with Crippen LogP contribution in [0.4, 0.5) is 0 Å². The van der Waals surface area contributed by atoms with Gasteiger partial charge in [-0.1, -0.05) is 190 Å². The van der Waals surface area contributed by atoms with Gasteiger partial charge in [0.1, 0.15) is 0 Å². The third-order valence-corrected chi connectivity index (χ3v) is 11.3. The molecule has 10 rings (SSSR count). The Morgan fingerprint density at radius 3 is 1.49 bits per heavy atom. The van der Waals surface area contributed by atoms with E-state index in [0.29, 0.717) is 5.82 Å². The second-order valence-electron chi connectivity index (χ2n) is 15.0. The third kappa shape index (κ3) is 5.66. The summed E-state index contributed by atoms with van der Waals surface area (Å²) in [4.78, 5) is 10.6. The smallest absolute Gasteiger partial charge is 0.160 e. The van der Waals surface area contributed by atoms with Crippen molar-refractivity contribution in [3.8, 4) is 78.4 Å². The van der Waals surface area contributed by atoms with Gasteiger partial charge in [0.15, 0.2) is 5.82 Å². The lowest BCUT2D eigenvalue weighted by atomic mass is 9.81. The summed E-state index contributed by atoms with van der Waals surface area (Å²) < 4.78 is 0. The molecule has 0 spiro atoms. The molecule has 0 saturated heterocycles. The molecule has 0 radical (unpaired) electrons. The maximum atomic E-state index is 5.33. The van der Waals surface area contributed by atoms with E-state index in [-0.39, 0.29) is 5.41 Å². The van der Waals surface area contributed by atoms with Crippen molar-refractivity contribution in [1.29, 1.82) is 0 Å². The lowest BCUT2D eigenvalue weighted by Gasteiger charge is -2.22. The molecular weight excluding hydrogens is 665 g/mol. The van der Waals surface area contributed by atoms with Crippen molar-refractivity contribution in [1.82, 2.24) is 9.97 Å². The van der Waals surface area contributed by atoms with Gasteiger partial charge in [-0.15, -0.1) is 0 Å². The summed E-state index contributed by atoms with van der Waals surface area (Å²) in [5, 5.41) is 2.53. The van der Waals surface area contributed by atoms with Crippen molar-refractivity contribution in [2.24, 2.45) is 0 Å². The Labute approximate surface area is 322 Å². The Balaban J connectivity index is 1.15. The molecule has 1 aliphatic carbocycles. The van der Waals surface area contributed by atoms with Gasteiger partial charge in [0.05, 0.1) is 11.4 Å². The summed E-state index contributed by atoms with van der Waals surface area (Å²) in [5.41, 5.74) is 17.2. The highest BCUT2D eigenvalue weighted by Gasteiger charge is 2.37. The largest absolute Gasteiger partial charge is 0.228 e. The summed E-state index contributed by atoms with van der Waals surface area (Å²) in [6, 6.07) is 69.5. The highest BCUT2D eigenvalue weighted by Crippen LogP contribution is 2.54. The average molecular weight is 703 g/mol. The lowest BCUT2D eigenvalue weighted by molar-refractivity contribution is 0.661. The van der Waals surface area contributed by atoms with Gasteiger partial charge >= 0.3 is 0 Å². The molecule has 1 aliphatic rings. The zero-order valence-corrected chi connectivity index (χ0v) is 30.9. The van der Waals surface area contributed by atoms with E-state index in [1.807, 2.05) is 6.07 Å². The fourth-order valence-electron chi connectivity index (χ4n) is 8.51. The second kappa shape index (κ2) is 13.2. The predicted octanol–water partition coefficient (Wildman–Crippen LogP) is 13.9. The molecule has 0 fully saturated rings. The molecule has 0 bridgehead atoms. The minimum absolute atomic E-state index is 0.134. The molecule has 0 amide bonds. The van der Waals surface area contributed by atoms with Gasteiger partial charge in [-0.05, 0) is 84.6 Å². The normalized spacial score (nSPS) is 12.7. The molecule has 8 aromatic carbocycles. The van der Waals surface area contributed by atoms with Gasteiger partial charge in [-0.3, -0.25) is 0 Å². The van der Waals surface area contributed by atoms with Crippen molar-refractivity contribution >= 4 is 10.8 Å². The highest BCUT2D eigenvalue weighted by molar-refractivity contribution is 6.01. The molecule has 0 aliphatic heterocycles. The Hall–Kier alpha value is -6.90. The van der Waals surface area contributed by atoms with Crippen molar-refractivity contribution in [3.63, 3.8) is 0 Å². The van der Waals surface area contributed by atoms with Gasteiger partial charge < -0.3 is 0 Å². The van der Waals surface area contributed by atoms with E-state index in [9.17, 15) is 0 Å². The quantitative estimate of drug-likeness (QED) is 0.172. The van der Waals surface area contributed by atoms with Crippen molar-refractivity contribution in [2.75, 3.05) is 0 Å².